The Morgan fingerprint density at radius 1 is 1.12 bits per heavy atom. The first-order valence-electron chi connectivity index (χ1n) is 11.4. The number of carbonyl (C=O) groups excluding carboxylic acids is 1. The number of amides is 1. The molecule has 7 nitrogen and oxygen atoms in total. The van der Waals surface area contributed by atoms with Crippen molar-refractivity contribution in [3.63, 3.8) is 0 Å². The molecule has 3 saturated heterocycles. The number of sulfonamides is 1. The molecule has 2 atom stereocenters. The third-order valence-electron chi connectivity index (χ3n) is 6.76. The van der Waals surface area contributed by atoms with E-state index < -0.39 is 10.0 Å². The molecule has 3 aliphatic rings. The van der Waals surface area contributed by atoms with Crippen LogP contribution in [0.25, 0.3) is 0 Å². The van der Waals surface area contributed by atoms with E-state index in [1.54, 1.807) is 17.0 Å². The fraction of sp³-hybridized carbons (Fsp3) is 0.682. The normalized spacial score (nSPS) is 26.4. The molecule has 1 aromatic rings. The number of thioether (sulfide) groups is 1. The van der Waals surface area contributed by atoms with Crippen LogP contribution in [-0.2, 0) is 14.8 Å². The second-order valence-electron chi connectivity index (χ2n) is 8.87. The van der Waals surface area contributed by atoms with Crippen LogP contribution in [0.1, 0.15) is 39.0 Å². The molecule has 4 rings (SSSR count). The van der Waals surface area contributed by atoms with E-state index in [2.05, 4.69) is 4.90 Å². The minimum Gasteiger partial charge on any atom is -0.448 e. The van der Waals surface area contributed by atoms with Crippen LogP contribution in [0.4, 0.5) is 4.79 Å². The number of nitrogens with zero attached hydrogens (tertiary/aromatic N) is 3. The lowest BCUT2D eigenvalue weighted by molar-refractivity contribution is 0.0522. The zero-order chi connectivity index (χ0) is 22.7. The largest absolute Gasteiger partial charge is 0.448 e. The second-order valence-corrected chi connectivity index (χ2v) is 12.2. The molecule has 0 aliphatic carbocycles. The van der Waals surface area contributed by atoms with Crippen molar-refractivity contribution in [1.29, 1.82) is 0 Å². The zero-order valence-corrected chi connectivity index (χ0v) is 20.9. The van der Waals surface area contributed by atoms with Crippen molar-refractivity contribution in [1.82, 2.24) is 14.1 Å². The highest BCUT2D eigenvalue weighted by Gasteiger charge is 2.39. The van der Waals surface area contributed by atoms with E-state index in [9.17, 15) is 13.2 Å². The Morgan fingerprint density at radius 3 is 2.50 bits per heavy atom. The smallest absolute Gasteiger partial charge is 0.409 e. The van der Waals surface area contributed by atoms with Gasteiger partial charge in [-0.1, -0.05) is 18.0 Å². The Hall–Kier alpha value is -1.00. The number of carbonyl (C=O) groups is 1. The molecule has 10 heteroatoms. The maximum absolute atomic E-state index is 13.4. The summed E-state index contributed by atoms with van der Waals surface area (Å²) in [7, 11) is -3.70. The SMILES string of the molecule is C[C@@H]1CCC[C@H](COC(=O)N2CCC(N3CCSC3)CC2)N1S(=O)(=O)c1ccc(Cl)cc1. The predicted octanol–water partition coefficient (Wildman–Crippen LogP) is 3.88. The molecule has 0 radical (unpaired) electrons. The van der Waals surface area contributed by atoms with Crippen LogP contribution in [0, 0.1) is 0 Å². The highest BCUT2D eigenvalue weighted by atomic mass is 35.5. The maximum Gasteiger partial charge on any atom is 0.409 e. The average molecular weight is 502 g/mol. The molecule has 0 unspecified atom stereocenters. The average Bonchev–Trinajstić information content (AvgIpc) is 3.33. The summed E-state index contributed by atoms with van der Waals surface area (Å²) in [6, 6.07) is 6.28. The molecular weight excluding hydrogens is 470 g/mol. The molecule has 0 spiro atoms. The molecule has 3 heterocycles. The van der Waals surface area contributed by atoms with Gasteiger partial charge in [0.1, 0.15) is 6.61 Å². The molecule has 3 fully saturated rings. The van der Waals surface area contributed by atoms with Gasteiger partial charge in [-0.15, -0.1) is 11.8 Å². The molecular formula is C22H32ClN3O4S2. The van der Waals surface area contributed by atoms with E-state index in [1.165, 1.54) is 22.2 Å². The van der Waals surface area contributed by atoms with Gasteiger partial charge in [0.25, 0.3) is 0 Å². The van der Waals surface area contributed by atoms with Crippen LogP contribution in [0.2, 0.25) is 5.02 Å². The summed E-state index contributed by atoms with van der Waals surface area (Å²) in [6.45, 7) is 4.52. The minimum absolute atomic E-state index is 0.0820. The number of hydrogen-bond acceptors (Lipinski definition) is 6. The summed E-state index contributed by atoms with van der Waals surface area (Å²) in [4.78, 5) is 17.2. The molecule has 3 aliphatic heterocycles. The summed E-state index contributed by atoms with van der Waals surface area (Å²) in [5.41, 5.74) is 0. The van der Waals surface area contributed by atoms with Gasteiger partial charge in [-0.2, -0.15) is 4.31 Å². The van der Waals surface area contributed by atoms with Crippen LogP contribution in [0.3, 0.4) is 0 Å². The Kier molecular flexibility index (Phi) is 7.93. The van der Waals surface area contributed by atoms with Gasteiger partial charge in [0.05, 0.1) is 10.9 Å². The minimum atomic E-state index is -3.70. The molecule has 1 amide bonds. The van der Waals surface area contributed by atoms with Crippen LogP contribution in [0.5, 0.6) is 0 Å². The van der Waals surface area contributed by atoms with Crippen molar-refractivity contribution in [2.24, 2.45) is 0 Å². The quantitative estimate of drug-likeness (QED) is 0.609. The number of rotatable bonds is 5. The highest BCUT2D eigenvalue weighted by Crippen LogP contribution is 2.31. The van der Waals surface area contributed by atoms with E-state index in [4.69, 9.17) is 16.3 Å². The summed E-state index contributed by atoms with van der Waals surface area (Å²) < 4.78 is 33.9. The van der Waals surface area contributed by atoms with Crippen LogP contribution < -0.4 is 0 Å². The van der Waals surface area contributed by atoms with Crippen molar-refractivity contribution < 1.29 is 17.9 Å². The predicted molar refractivity (Wildman–Crippen MR) is 128 cm³/mol. The second kappa shape index (κ2) is 10.5. The lowest BCUT2D eigenvalue weighted by Gasteiger charge is -2.40. The van der Waals surface area contributed by atoms with Gasteiger partial charge in [-0.05, 0) is 56.9 Å². The zero-order valence-electron chi connectivity index (χ0n) is 18.5. The third kappa shape index (κ3) is 5.38. The van der Waals surface area contributed by atoms with Gasteiger partial charge in [-0.3, -0.25) is 4.90 Å². The third-order valence-corrected chi connectivity index (χ3v) is 10.1. The fourth-order valence-corrected chi connectivity index (χ4v) is 8.02. The van der Waals surface area contributed by atoms with Crippen LogP contribution in [0.15, 0.2) is 29.2 Å². The Balaban J connectivity index is 1.36. The van der Waals surface area contributed by atoms with E-state index >= 15 is 0 Å². The summed E-state index contributed by atoms with van der Waals surface area (Å²) >= 11 is 7.90. The molecule has 32 heavy (non-hydrogen) atoms. The summed E-state index contributed by atoms with van der Waals surface area (Å²) in [5, 5.41) is 0.494. The first-order valence-corrected chi connectivity index (χ1v) is 14.4. The number of piperidine rings is 2. The van der Waals surface area contributed by atoms with Crippen molar-refractivity contribution in [3.05, 3.63) is 29.3 Å². The van der Waals surface area contributed by atoms with Gasteiger partial charge in [0.2, 0.25) is 10.0 Å². The highest BCUT2D eigenvalue weighted by molar-refractivity contribution is 7.99. The number of ether oxygens (including phenoxy) is 1. The topological polar surface area (TPSA) is 70.2 Å². The molecule has 0 bridgehead atoms. The van der Waals surface area contributed by atoms with Gasteiger partial charge in [0.15, 0.2) is 0 Å². The molecule has 0 N–H and O–H groups in total. The molecule has 0 aromatic heterocycles. The van der Waals surface area contributed by atoms with E-state index in [0.717, 1.165) is 38.1 Å². The van der Waals surface area contributed by atoms with E-state index in [-0.39, 0.29) is 29.7 Å². The Morgan fingerprint density at radius 2 is 1.84 bits per heavy atom. The summed E-state index contributed by atoms with van der Waals surface area (Å²) in [6.07, 6.45) is 3.98. The first kappa shape index (κ1) is 24.1. The van der Waals surface area contributed by atoms with E-state index in [1.807, 2.05) is 18.7 Å². The lowest BCUT2D eigenvalue weighted by atomic mass is 10.0. The van der Waals surface area contributed by atoms with Crippen LogP contribution in [-0.4, -0.2) is 84.6 Å². The lowest BCUT2D eigenvalue weighted by Crippen LogP contribution is -2.51. The van der Waals surface area contributed by atoms with Crippen LogP contribution >= 0.6 is 23.4 Å². The molecule has 0 saturated carbocycles. The maximum atomic E-state index is 13.4. The van der Waals surface area contributed by atoms with Gasteiger partial charge >= 0.3 is 6.09 Å². The number of benzene rings is 1. The monoisotopic (exact) mass is 501 g/mol. The number of hydrogen-bond donors (Lipinski definition) is 0. The van der Waals surface area contributed by atoms with E-state index in [0.29, 0.717) is 30.6 Å². The standard InChI is InChI=1S/C22H32ClN3O4S2/c1-17-3-2-4-20(26(17)32(28,29)21-7-5-18(23)6-8-21)15-30-22(27)24-11-9-19(10-12-24)25-13-14-31-16-25/h5-8,17,19-20H,2-4,9-16H2,1H3/t17-,20-/m1/s1. The fourth-order valence-electron chi connectivity index (χ4n) is 4.97. The molecule has 178 valence electrons. The number of likely N-dealkylation sites (tertiary alicyclic amines) is 1. The van der Waals surface area contributed by atoms with Gasteiger partial charge in [-0.25, -0.2) is 13.2 Å². The number of halogens is 1. The molecule has 1 aromatic carbocycles. The van der Waals surface area contributed by atoms with Gasteiger partial charge < -0.3 is 9.64 Å². The Bertz CT molecular complexity index is 885. The summed E-state index contributed by atoms with van der Waals surface area (Å²) in [5.74, 6) is 2.28. The van der Waals surface area contributed by atoms with Crippen molar-refractivity contribution in [2.45, 2.75) is 62.0 Å². The van der Waals surface area contributed by atoms with Gasteiger partial charge in [0, 0.05) is 48.4 Å². The first-order chi connectivity index (χ1) is 15.4. The van der Waals surface area contributed by atoms with Crippen molar-refractivity contribution in [2.75, 3.05) is 37.9 Å². The van der Waals surface area contributed by atoms with Crippen molar-refractivity contribution in [3.8, 4) is 0 Å². The Labute approximate surface area is 200 Å². The van der Waals surface area contributed by atoms with Crippen molar-refractivity contribution >= 4 is 39.5 Å².